The molecule has 94 valence electrons. The Hall–Kier alpha value is -0.450. The minimum Gasteiger partial charge on any atom is -0.263 e. The van der Waals surface area contributed by atoms with Crippen molar-refractivity contribution in [2.45, 2.75) is 11.2 Å². The Balaban J connectivity index is 2.22. The first-order valence-corrected chi connectivity index (χ1v) is 7.34. The molecule has 1 heterocycles. The Kier molecular flexibility index (Phi) is 4.76. The molecular weight excluding hydrogens is 384 g/mol. The van der Waals surface area contributed by atoms with Gasteiger partial charge >= 0.3 is 0 Å². The summed E-state index contributed by atoms with van der Waals surface area (Å²) in [6, 6.07) is 6.54. The standard InChI is InChI=1S/C13H9Br2ClFN/c14-11(5-8-3-4-18-7-13(8)16)10-2-1-9(17)6-12(10)15/h1-4,6-7,11H,5H2. The third kappa shape index (κ3) is 3.31. The first-order chi connectivity index (χ1) is 8.58. The zero-order valence-electron chi connectivity index (χ0n) is 9.21. The predicted molar refractivity (Wildman–Crippen MR) is 78.7 cm³/mol. The SMILES string of the molecule is Fc1ccc(C(Br)Cc2ccncc2Cl)c(Br)c1. The summed E-state index contributed by atoms with van der Waals surface area (Å²) in [7, 11) is 0. The van der Waals surface area contributed by atoms with Crippen LogP contribution in [0.15, 0.2) is 41.1 Å². The average molecular weight is 393 g/mol. The van der Waals surface area contributed by atoms with E-state index in [1.165, 1.54) is 12.1 Å². The molecule has 1 aromatic carbocycles. The number of hydrogen-bond acceptors (Lipinski definition) is 1. The minimum atomic E-state index is -0.257. The molecule has 0 amide bonds. The molecule has 1 nitrogen and oxygen atoms in total. The lowest BCUT2D eigenvalue weighted by molar-refractivity contribution is 0.626. The molecule has 0 radical (unpaired) electrons. The highest BCUT2D eigenvalue weighted by Crippen LogP contribution is 2.34. The molecule has 0 fully saturated rings. The summed E-state index contributed by atoms with van der Waals surface area (Å²) in [4.78, 5) is 4.01. The molecule has 0 saturated carbocycles. The van der Waals surface area contributed by atoms with Crippen LogP contribution in [0.4, 0.5) is 4.39 Å². The fourth-order valence-corrected chi connectivity index (χ4v) is 3.51. The van der Waals surface area contributed by atoms with Crippen LogP contribution in [-0.2, 0) is 6.42 Å². The first-order valence-electron chi connectivity index (χ1n) is 5.25. The summed E-state index contributed by atoms with van der Waals surface area (Å²) in [5.74, 6) is -0.257. The van der Waals surface area contributed by atoms with E-state index in [2.05, 4.69) is 36.8 Å². The van der Waals surface area contributed by atoms with E-state index in [9.17, 15) is 4.39 Å². The predicted octanol–water partition coefficient (Wildman–Crippen LogP) is 5.32. The smallest absolute Gasteiger partial charge is 0.124 e. The number of hydrogen-bond donors (Lipinski definition) is 0. The minimum absolute atomic E-state index is 0.0624. The van der Waals surface area contributed by atoms with E-state index in [4.69, 9.17) is 11.6 Å². The fraction of sp³-hybridized carbons (Fsp3) is 0.154. The molecule has 0 spiro atoms. The zero-order valence-corrected chi connectivity index (χ0v) is 13.1. The van der Waals surface area contributed by atoms with Gasteiger partial charge in [-0.15, -0.1) is 0 Å². The van der Waals surface area contributed by atoms with Gasteiger partial charge in [0.05, 0.1) is 5.02 Å². The zero-order chi connectivity index (χ0) is 13.1. The maximum absolute atomic E-state index is 13.0. The maximum atomic E-state index is 13.0. The number of alkyl halides is 1. The highest BCUT2D eigenvalue weighted by Gasteiger charge is 2.14. The van der Waals surface area contributed by atoms with Crippen molar-refractivity contribution in [3.8, 4) is 0 Å². The molecule has 1 atom stereocenters. The van der Waals surface area contributed by atoms with Crippen LogP contribution in [0.25, 0.3) is 0 Å². The Morgan fingerprint density at radius 2 is 2.11 bits per heavy atom. The molecule has 2 aromatic rings. The summed E-state index contributed by atoms with van der Waals surface area (Å²) < 4.78 is 13.8. The second-order valence-electron chi connectivity index (χ2n) is 3.80. The number of nitrogens with zero attached hydrogens (tertiary/aromatic N) is 1. The van der Waals surface area contributed by atoms with Crippen molar-refractivity contribution < 1.29 is 4.39 Å². The van der Waals surface area contributed by atoms with Gasteiger partial charge in [-0.25, -0.2) is 4.39 Å². The second-order valence-corrected chi connectivity index (χ2v) is 6.17. The fourth-order valence-electron chi connectivity index (χ4n) is 1.63. The molecule has 2 rings (SSSR count). The van der Waals surface area contributed by atoms with Crippen molar-refractivity contribution >= 4 is 43.5 Å². The van der Waals surface area contributed by atoms with Crippen molar-refractivity contribution in [3.63, 3.8) is 0 Å². The van der Waals surface area contributed by atoms with Gasteiger partial charge in [-0.1, -0.05) is 49.5 Å². The largest absolute Gasteiger partial charge is 0.263 e. The molecule has 0 aliphatic heterocycles. The van der Waals surface area contributed by atoms with Gasteiger partial charge in [0.2, 0.25) is 0 Å². The van der Waals surface area contributed by atoms with Crippen LogP contribution in [0, 0.1) is 5.82 Å². The number of benzene rings is 1. The van der Waals surface area contributed by atoms with Crippen LogP contribution in [0.5, 0.6) is 0 Å². The van der Waals surface area contributed by atoms with Crippen LogP contribution < -0.4 is 0 Å². The normalized spacial score (nSPS) is 12.4. The topological polar surface area (TPSA) is 12.9 Å². The van der Waals surface area contributed by atoms with Crippen LogP contribution in [-0.4, -0.2) is 4.98 Å². The summed E-state index contributed by atoms with van der Waals surface area (Å²) in [6.45, 7) is 0. The van der Waals surface area contributed by atoms with E-state index in [0.717, 1.165) is 15.6 Å². The van der Waals surface area contributed by atoms with Gasteiger partial charge in [0.25, 0.3) is 0 Å². The molecule has 18 heavy (non-hydrogen) atoms. The molecular formula is C13H9Br2ClFN. The Labute approximate surface area is 127 Å². The lowest BCUT2D eigenvalue weighted by Crippen LogP contribution is -1.98. The summed E-state index contributed by atoms with van der Waals surface area (Å²) in [5.41, 5.74) is 1.99. The van der Waals surface area contributed by atoms with Crippen molar-refractivity contribution in [3.05, 3.63) is 63.1 Å². The van der Waals surface area contributed by atoms with Crippen LogP contribution in [0.3, 0.4) is 0 Å². The molecule has 0 saturated heterocycles. The van der Waals surface area contributed by atoms with Gasteiger partial charge in [0, 0.05) is 21.7 Å². The van der Waals surface area contributed by atoms with Gasteiger partial charge < -0.3 is 0 Å². The third-order valence-corrected chi connectivity index (χ3v) is 4.40. The Morgan fingerprint density at radius 3 is 2.78 bits per heavy atom. The highest BCUT2D eigenvalue weighted by atomic mass is 79.9. The van der Waals surface area contributed by atoms with E-state index >= 15 is 0 Å². The van der Waals surface area contributed by atoms with Gasteiger partial charge in [0.15, 0.2) is 0 Å². The highest BCUT2D eigenvalue weighted by molar-refractivity contribution is 9.11. The quantitative estimate of drug-likeness (QED) is 0.644. The Morgan fingerprint density at radius 1 is 1.33 bits per heavy atom. The maximum Gasteiger partial charge on any atom is 0.124 e. The molecule has 0 bridgehead atoms. The molecule has 0 N–H and O–H groups in total. The average Bonchev–Trinajstić information content (AvgIpc) is 2.32. The monoisotopic (exact) mass is 391 g/mol. The van der Waals surface area contributed by atoms with Crippen molar-refractivity contribution in [2.75, 3.05) is 0 Å². The van der Waals surface area contributed by atoms with Crippen molar-refractivity contribution in [1.82, 2.24) is 4.98 Å². The lowest BCUT2D eigenvalue weighted by Gasteiger charge is -2.13. The van der Waals surface area contributed by atoms with E-state index in [0.29, 0.717) is 11.4 Å². The summed E-state index contributed by atoms with van der Waals surface area (Å²) >= 11 is 13.0. The van der Waals surface area contributed by atoms with Crippen molar-refractivity contribution in [1.29, 1.82) is 0 Å². The Bertz CT molecular complexity index is 562. The third-order valence-electron chi connectivity index (χ3n) is 2.56. The second kappa shape index (κ2) is 6.13. The van der Waals surface area contributed by atoms with Gasteiger partial charge in [0.1, 0.15) is 5.82 Å². The number of halogens is 4. The first kappa shape index (κ1) is 14.0. The van der Waals surface area contributed by atoms with E-state index in [1.54, 1.807) is 18.5 Å². The van der Waals surface area contributed by atoms with Crippen molar-refractivity contribution in [2.24, 2.45) is 0 Å². The van der Waals surface area contributed by atoms with E-state index in [1.807, 2.05) is 6.07 Å². The van der Waals surface area contributed by atoms with Crippen LogP contribution in [0.1, 0.15) is 16.0 Å². The van der Waals surface area contributed by atoms with E-state index < -0.39 is 0 Å². The molecule has 5 heteroatoms. The lowest BCUT2D eigenvalue weighted by atomic mass is 10.1. The molecule has 0 aliphatic carbocycles. The summed E-state index contributed by atoms with van der Waals surface area (Å²) in [5, 5.41) is 0.639. The van der Waals surface area contributed by atoms with Crippen LogP contribution in [0.2, 0.25) is 5.02 Å². The van der Waals surface area contributed by atoms with Gasteiger partial charge in [-0.05, 0) is 35.7 Å². The van der Waals surface area contributed by atoms with Gasteiger partial charge in [-0.3, -0.25) is 4.98 Å². The van der Waals surface area contributed by atoms with E-state index in [-0.39, 0.29) is 10.6 Å². The number of aromatic nitrogens is 1. The molecule has 0 aliphatic rings. The summed E-state index contributed by atoms with van der Waals surface area (Å²) in [6.07, 6.45) is 4.04. The number of rotatable bonds is 3. The number of pyridine rings is 1. The molecule has 1 aromatic heterocycles. The molecule has 1 unspecified atom stereocenters. The van der Waals surface area contributed by atoms with Crippen LogP contribution >= 0.6 is 43.5 Å². The van der Waals surface area contributed by atoms with Gasteiger partial charge in [-0.2, -0.15) is 0 Å².